The maximum atomic E-state index is 11.7. The summed E-state index contributed by atoms with van der Waals surface area (Å²) in [5.74, 6) is 0.119. The Kier molecular flexibility index (Phi) is 5.04. The predicted octanol–water partition coefficient (Wildman–Crippen LogP) is 1.83. The molecule has 2 amide bonds. The lowest BCUT2D eigenvalue weighted by Crippen LogP contribution is -2.36. The first-order chi connectivity index (χ1) is 9.87. The van der Waals surface area contributed by atoms with Crippen molar-refractivity contribution in [2.24, 2.45) is 5.41 Å². The van der Waals surface area contributed by atoms with E-state index in [4.69, 9.17) is 4.74 Å². The molecule has 2 rings (SSSR count). The number of rotatable bonds is 7. The third kappa shape index (κ3) is 5.16. The van der Waals surface area contributed by atoms with E-state index < -0.39 is 0 Å². The summed E-state index contributed by atoms with van der Waals surface area (Å²) >= 11 is 0. The van der Waals surface area contributed by atoms with E-state index in [0.29, 0.717) is 13.0 Å². The topological polar surface area (TPSA) is 61.9 Å². The quantitative estimate of drug-likeness (QED) is 0.575. The van der Waals surface area contributed by atoms with Gasteiger partial charge in [0.25, 0.3) is 0 Å². The molecule has 1 saturated heterocycles. The second-order valence-electron chi connectivity index (χ2n) is 7.00. The fourth-order valence-corrected chi connectivity index (χ4v) is 2.38. The van der Waals surface area contributed by atoms with Gasteiger partial charge in [0.1, 0.15) is 6.10 Å². The van der Waals surface area contributed by atoms with Crippen LogP contribution in [-0.4, -0.2) is 42.1 Å². The van der Waals surface area contributed by atoms with Gasteiger partial charge >= 0.3 is 0 Å². The van der Waals surface area contributed by atoms with Crippen LogP contribution >= 0.6 is 0 Å². The largest absolute Gasteiger partial charge is 0.356 e. The number of carbonyl (C=O) groups excluding carboxylic acids is 2. The maximum Gasteiger partial charge on any atom is 0.248 e. The normalized spacial score (nSPS) is 24.0. The van der Waals surface area contributed by atoms with Gasteiger partial charge in [0.05, 0.1) is 0 Å². The highest BCUT2D eigenvalue weighted by Crippen LogP contribution is 2.31. The Morgan fingerprint density at radius 1 is 1.38 bits per heavy atom. The van der Waals surface area contributed by atoms with Gasteiger partial charge in [0.15, 0.2) is 6.23 Å². The van der Waals surface area contributed by atoms with Gasteiger partial charge in [0, 0.05) is 25.6 Å². The van der Waals surface area contributed by atoms with Gasteiger partial charge in [-0.15, -0.1) is 0 Å². The molecule has 0 aromatic carbocycles. The molecule has 2 heterocycles. The molecule has 5 nitrogen and oxygen atoms in total. The summed E-state index contributed by atoms with van der Waals surface area (Å²) in [4.78, 5) is 25.1. The smallest absolute Gasteiger partial charge is 0.248 e. The van der Waals surface area contributed by atoms with Crippen molar-refractivity contribution in [1.82, 2.24) is 10.2 Å². The predicted molar refractivity (Wildman–Crippen MR) is 80.4 cm³/mol. The minimum Gasteiger partial charge on any atom is -0.356 e. The number of hydrogen-bond acceptors (Lipinski definition) is 3. The molecule has 118 valence electrons. The highest BCUT2D eigenvalue weighted by atomic mass is 16.6. The van der Waals surface area contributed by atoms with Crippen LogP contribution in [0.15, 0.2) is 12.2 Å². The van der Waals surface area contributed by atoms with Gasteiger partial charge in [-0.05, 0) is 30.8 Å². The van der Waals surface area contributed by atoms with E-state index >= 15 is 0 Å². The number of ether oxygens (including phenoxy) is 1. The van der Waals surface area contributed by atoms with Crippen LogP contribution in [0.3, 0.4) is 0 Å². The van der Waals surface area contributed by atoms with E-state index in [1.807, 2.05) is 6.08 Å². The molecule has 1 fully saturated rings. The summed E-state index contributed by atoms with van der Waals surface area (Å²) in [5.41, 5.74) is 0.246. The number of carbonyl (C=O) groups is 2. The molecule has 0 aromatic heterocycles. The molecule has 0 aromatic rings. The molecule has 0 saturated carbocycles. The van der Waals surface area contributed by atoms with Crippen molar-refractivity contribution in [2.45, 2.75) is 58.8 Å². The molecule has 1 N–H and O–H groups in total. The van der Waals surface area contributed by atoms with Gasteiger partial charge in [0.2, 0.25) is 11.8 Å². The van der Waals surface area contributed by atoms with Crippen LogP contribution in [0.25, 0.3) is 0 Å². The van der Waals surface area contributed by atoms with Gasteiger partial charge in [-0.2, -0.15) is 0 Å². The van der Waals surface area contributed by atoms with Gasteiger partial charge in [-0.25, -0.2) is 0 Å². The molecule has 0 bridgehead atoms. The van der Waals surface area contributed by atoms with Crippen LogP contribution in [0, 0.1) is 5.41 Å². The van der Waals surface area contributed by atoms with Crippen molar-refractivity contribution in [3.8, 4) is 0 Å². The molecule has 2 aliphatic heterocycles. The van der Waals surface area contributed by atoms with Crippen molar-refractivity contribution in [1.29, 1.82) is 0 Å². The van der Waals surface area contributed by atoms with Crippen molar-refractivity contribution in [2.75, 3.05) is 13.1 Å². The van der Waals surface area contributed by atoms with E-state index in [-0.39, 0.29) is 29.6 Å². The molecule has 21 heavy (non-hydrogen) atoms. The molecule has 2 atom stereocenters. The Balaban J connectivity index is 1.54. The number of nitrogens with one attached hydrogen (secondary N) is 1. The van der Waals surface area contributed by atoms with E-state index in [1.165, 1.54) is 0 Å². The van der Waals surface area contributed by atoms with Gasteiger partial charge in [-0.1, -0.05) is 20.8 Å². The molecule has 0 radical (unpaired) electrons. The standard InChI is InChI=1S/C16H26N2O3/c1-16(2,3)9-10-17-13(19)6-4-5-11-18-14(20)8-7-12-15(18)21-12/h7-8,12,15H,4-6,9-11H2,1-3H3,(H,17,19). The highest BCUT2D eigenvalue weighted by Gasteiger charge is 2.46. The zero-order valence-electron chi connectivity index (χ0n) is 13.2. The lowest BCUT2D eigenvalue weighted by atomic mass is 9.92. The second kappa shape index (κ2) is 6.60. The summed E-state index contributed by atoms with van der Waals surface area (Å²) < 4.78 is 5.36. The molecule has 5 heteroatoms. The molecule has 0 aliphatic carbocycles. The van der Waals surface area contributed by atoms with E-state index in [9.17, 15) is 9.59 Å². The number of nitrogens with zero attached hydrogens (tertiary/aromatic N) is 1. The van der Waals surface area contributed by atoms with Crippen LogP contribution in [0.5, 0.6) is 0 Å². The minimum absolute atomic E-state index is 0.0170. The average Bonchev–Trinajstić information content (AvgIpc) is 3.14. The van der Waals surface area contributed by atoms with Crippen LogP contribution in [-0.2, 0) is 14.3 Å². The fraction of sp³-hybridized carbons (Fsp3) is 0.750. The number of fused-ring (bicyclic) bond motifs is 1. The Hall–Kier alpha value is -1.36. The first-order valence-corrected chi connectivity index (χ1v) is 7.78. The van der Waals surface area contributed by atoms with Crippen molar-refractivity contribution in [3.63, 3.8) is 0 Å². The summed E-state index contributed by atoms with van der Waals surface area (Å²) in [5, 5.41) is 2.95. The SMILES string of the molecule is CC(C)(C)CCNC(=O)CCCCN1C(=O)C=CC2OC21. The lowest BCUT2D eigenvalue weighted by Gasteiger charge is -2.20. The van der Waals surface area contributed by atoms with Crippen molar-refractivity contribution in [3.05, 3.63) is 12.2 Å². The monoisotopic (exact) mass is 294 g/mol. The number of unbranched alkanes of at least 4 members (excludes halogenated alkanes) is 1. The van der Waals surface area contributed by atoms with Gasteiger partial charge < -0.3 is 15.0 Å². The van der Waals surface area contributed by atoms with Crippen molar-refractivity contribution < 1.29 is 14.3 Å². The van der Waals surface area contributed by atoms with Crippen LogP contribution in [0.4, 0.5) is 0 Å². The maximum absolute atomic E-state index is 11.7. The zero-order chi connectivity index (χ0) is 15.5. The first kappa shape index (κ1) is 16.0. The highest BCUT2D eigenvalue weighted by molar-refractivity contribution is 5.89. The van der Waals surface area contributed by atoms with Crippen molar-refractivity contribution >= 4 is 11.8 Å². The Labute approximate surface area is 126 Å². The summed E-state index contributed by atoms with van der Waals surface area (Å²) in [6, 6.07) is 0. The number of epoxide rings is 1. The Morgan fingerprint density at radius 2 is 2.14 bits per heavy atom. The Morgan fingerprint density at radius 3 is 2.86 bits per heavy atom. The zero-order valence-corrected chi connectivity index (χ0v) is 13.2. The first-order valence-electron chi connectivity index (χ1n) is 7.78. The average molecular weight is 294 g/mol. The Bertz CT molecular complexity index is 426. The molecule has 0 spiro atoms. The molecule has 2 unspecified atom stereocenters. The third-order valence-corrected chi connectivity index (χ3v) is 3.77. The summed E-state index contributed by atoms with van der Waals surface area (Å²) in [7, 11) is 0. The van der Waals surface area contributed by atoms with E-state index in [0.717, 1.165) is 25.8 Å². The summed E-state index contributed by atoms with van der Waals surface area (Å²) in [6.45, 7) is 7.89. The van der Waals surface area contributed by atoms with E-state index in [1.54, 1.807) is 11.0 Å². The summed E-state index contributed by atoms with van der Waals surface area (Å²) in [6.07, 6.45) is 6.57. The lowest BCUT2D eigenvalue weighted by molar-refractivity contribution is -0.128. The van der Waals surface area contributed by atoms with Gasteiger partial charge in [-0.3, -0.25) is 9.59 Å². The van der Waals surface area contributed by atoms with Crippen LogP contribution < -0.4 is 5.32 Å². The van der Waals surface area contributed by atoms with Crippen LogP contribution in [0.2, 0.25) is 0 Å². The minimum atomic E-state index is -0.0527. The number of amides is 2. The van der Waals surface area contributed by atoms with E-state index in [2.05, 4.69) is 26.1 Å². The third-order valence-electron chi connectivity index (χ3n) is 3.77. The van der Waals surface area contributed by atoms with Crippen LogP contribution in [0.1, 0.15) is 46.5 Å². The fourth-order valence-electron chi connectivity index (χ4n) is 2.38. The second-order valence-corrected chi connectivity index (χ2v) is 7.00. The molecular formula is C16H26N2O3. The molecular weight excluding hydrogens is 268 g/mol. The number of hydrogen-bond donors (Lipinski definition) is 1. The molecule has 2 aliphatic rings.